The van der Waals surface area contributed by atoms with Crippen LogP contribution in [0.15, 0.2) is 18.5 Å². The monoisotopic (exact) mass is 454 g/mol. The Morgan fingerprint density at radius 2 is 1.94 bits per heavy atom. The number of anilines is 2. The fraction of sp³-hybridized carbons (Fsp3) is 0.609. The van der Waals surface area contributed by atoms with Crippen molar-refractivity contribution in [2.45, 2.75) is 63.6 Å². The predicted octanol–water partition coefficient (Wildman–Crippen LogP) is 3.14. The van der Waals surface area contributed by atoms with Gasteiger partial charge in [0, 0.05) is 38.0 Å². The molecule has 2 aromatic rings. The van der Waals surface area contributed by atoms with Crippen LogP contribution in [0.4, 0.5) is 16.3 Å². The van der Waals surface area contributed by atoms with Crippen molar-refractivity contribution in [1.82, 2.24) is 25.3 Å². The van der Waals surface area contributed by atoms with Gasteiger partial charge in [-0.25, -0.2) is 24.3 Å². The van der Waals surface area contributed by atoms with Gasteiger partial charge >= 0.3 is 0 Å². The zero-order chi connectivity index (χ0) is 23.3. The Bertz CT molecular complexity index is 985. The quantitative estimate of drug-likeness (QED) is 0.497. The molecule has 2 aliphatic rings. The molecular formula is C23H31FN8O. The minimum atomic E-state index is -0.541. The van der Waals surface area contributed by atoms with Crippen molar-refractivity contribution in [2.24, 2.45) is 5.41 Å². The number of aromatic nitrogens is 4. The maximum atomic E-state index is 14.5. The Morgan fingerprint density at radius 3 is 2.64 bits per heavy atom. The molecule has 2 fully saturated rings. The number of rotatable bonds is 10. The molecule has 2 aromatic heterocycles. The van der Waals surface area contributed by atoms with Crippen molar-refractivity contribution in [1.29, 1.82) is 5.26 Å². The largest absolute Gasteiger partial charge is 0.383 e. The summed E-state index contributed by atoms with van der Waals surface area (Å²) in [6, 6.07) is 4.99. The lowest BCUT2D eigenvalue weighted by Crippen LogP contribution is -2.43. The average molecular weight is 455 g/mol. The first-order valence-electron chi connectivity index (χ1n) is 11.5. The van der Waals surface area contributed by atoms with E-state index in [9.17, 15) is 9.65 Å². The highest BCUT2D eigenvalue weighted by Gasteiger charge is 2.43. The zero-order valence-electron chi connectivity index (χ0n) is 19.1. The van der Waals surface area contributed by atoms with Crippen LogP contribution in [0.25, 0.3) is 11.4 Å². The standard InChI is InChI=1S/C23H31FN8O/c1-15(12-33-2)29-16-3-5-17(6-4-16)30-22-27-11-18(24)20(32-22)19-7-10-26-21(31-19)28-14-23(13-25)8-9-23/h7,10-11,15-17,29H,3-6,8-9,12,14H2,1-2H3,(H,26,28,31)(H,27,30,32). The minimum Gasteiger partial charge on any atom is -0.383 e. The van der Waals surface area contributed by atoms with Crippen LogP contribution in [0.3, 0.4) is 0 Å². The molecule has 4 rings (SSSR count). The first kappa shape index (κ1) is 23.3. The fourth-order valence-corrected chi connectivity index (χ4v) is 4.21. The highest BCUT2D eigenvalue weighted by atomic mass is 19.1. The van der Waals surface area contributed by atoms with Crippen LogP contribution >= 0.6 is 0 Å². The fourth-order valence-electron chi connectivity index (χ4n) is 4.21. The van der Waals surface area contributed by atoms with E-state index in [-0.39, 0.29) is 17.2 Å². The third-order valence-corrected chi connectivity index (χ3v) is 6.32. The Labute approximate surface area is 193 Å². The summed E-state index contributed by atoms with van der Waals surface area (Å²) in [6.07, 6.45) is 8.53. The number of nitrogens with zero attached hydrogens (tertiary/aromatic N) is 5. The second-order valence-corrected chi connectivity index (χ2v) is 9.12. The Kier molecular flexibility index (Phi) is 7.30. The van der Waals surface area contributed by atoms with Gasteiger partial charge in [-0.3, -0.25) is 0 Å². The van der Waals surface area contributed by atoms with Crippen molar-refractivity contribution in [3.05, 3.63) is 24.3 Å². The molecule has 0 radical (unpaired) electrons. The second kappa shape index (κ2) is 10.4. The second-order valence-electron chi connectivity index (χ2n) is 9.12. The molecule has 1 unspecified atom stereocenters. The molecule has 2 heterocycles. The summed E-state index contributed by atoms with van der Waals surface area (Å²) in [5.41, 5.74) is 0.174. The Hall–Kier alpha value is -2.90. The Balaban J connectivity index is 1.37. The van der Waals surface area contributed by atoms with Crippen molar-refractivity contribution < 1.29 is 9.13 Å². The van der Waals surface area contributed by atoms with Crippen molar-refractivity contribution in [2.75, 3.05) is 30.9 Å². The lowest BCUT2D eigenvalue weighted by atomic mass is 9.91. The number of methoxy groups -OCH3 is 1. The molecule has 10 heteroatoms. The molecule has 0 bridgehead atoms. The summed E-state index contributed by atoms with van der Waals surface area (Å²) in [4.78, 5) is 17.1. The van der Waals surface area contributed by atoms with Gasteiger partial charge in [0.15, 0.2) is 5.82 Å². The zero-order valence-corrected chi connectivity index (χ0v) is 19.1. The summed E-state index contributed by atoms with van der Waals surface area (Å²) >= 11 is 0. The average Bonchev–Trinajstić information content (AvgIpc) is 3.61. The van der Waals surface area contributed by atoms with E-state index in [1.165, 1.54) is 6.20 Å². The van der Waals surface area contributed by atoms with Crippen molar-refractivity contribution in [3.8, 4) is 17.5 Å². The van der Waals surface area contributed by atoms with Gasteiger partial charge in [-0.2, -0.15) is 5.26 Å². The van der Waals surface area contributed by atoms with Gasteiger partial charge in [0.05, 0.1) is 30.0 Å². The van der Waals surface area contributed by atoms with E-state index in [2.05, 4.69) is 48.9 Å². The number of halogens is 1. The van der Waals surface area contributed by atoms with E-state index < -0.39 is 5.82 Å². The van der Waals surface area contributed by atoms with E-state index >= 15 is 0 Å². The predicted molar refractivity (Wildman–Crippen MR) is 123 cm³/mol. The molecule has 2 aliphatic carbocycles. The molecule has 33 heavy (non-hydrogen) atoms. The summed E-state index contributed by atoms with van der Waals surface area (Å²) in [5.74, 6) is 0.209. The first-order chi connectivity index (χ1) is 16.0. The molecule has 9 nitrogen and oxygen atoms in total. The first-order valence-corrected chi connectivity index (χ1v) is 11.5. The van der Waals surface area contributed by atoms with Crippen LogP contribution in [0, 0.1) is 22.6 Å². The van der Waals surface area contributed by atoms with Crippen molar-refractivity contribution >= 4 is 11.9 Å². The lowest BCUT2D eigenvalue weighted by Gasteiger charge is -2.31. The smallest absolute Gasteiger partial charge is 0.223 e. The number of nitriles is 1. The molecule has 3 N–H and O–H groups in total. The van der Waals surface area contributed by atoms with Crippen LogP contribution in [-0.4, -0.2) is 58.3 Å². The van der Waals surface area contributed by atoms with Crippen LogP contribution < -0.4 is 16.0 Å². The SMILES string of the molecule is COCC(C)NC1CCC(Nc2ncc(F)c(-c3ccnc(NCC4(C#N)CC4)n3)n2)CC1. The molecular weight excluding hydrogens is 423 g/mol. The van der Waals surface area contributed by atoms with Gasteiger partial charge in [-0.1, -0.05) is 0 Å². The van der Waals surface area contributed by atoms with Crippen LogP contribution in [0.1, 0.15) is 45.4 Å². The summed E-state index contributed by atoms with van der Waals surface area (Å²) < 4.78 is 19.7. The third kappa shape index (κ3) is 6.12. The van der Waals surface area contributed by atoms with Crippen LogP contribution in [-0.2, 0) is 4.74 Å². The van der Waals surface area contributed by atoms with Gasteiger partial charge in [-0.15, -0.1) is 0 Å². The summed E-state index contributed by atoms with van der Waals surface area (Å²) in [5, 5.41) is 19.3. The Morgan fingerprint density at radius 1 is 1.18 bits per heavy atom. The number of ether oxygens (including phenoxy) is 1. The van der Waals surface area contributed by atoms with E-state index in [1.807, 2.05) is 0 Å². The van der Waals surface area contributed by atoms with Gasteiger partial charge in [-0.05, 0) is 51.5 Å². The molecule has 0 saturated heterocycles. The highest BCUT2D eigenvalue weighted by Crippen LogP contribution is 2.44. The molecule has 0 aliphatic heterocycles. The van der Waals surface area contributed by atoms with Gasteiger partial charge in [0.25, 0.3) is 0 Å². The molecule has 0 aromatic carbocycles. The minimum absolute atomic E-state index is 0.128. The van der Waals surface area contributed by atoms with E-state index in [4.69, 9.17) is 4.74 Å². The molecule has 1 atom stereocenters. The lowest BCUT2D eigenvalue weighted by molar-refractivity contribution is 0.161. The molecule has 2 saturated carbocycles. The normalized spacial score (nSPS) is 22.2. The van der Waals surface area contributed by atoms with E-state index in [0.29, 0.717) is 42.8 Å². The summed E-state index contributed by atoms with van der Waals surface area (Å²) in [6.45, 7) is 3.31. The highest BCUT2D eigenvalue weighted by molar-refractivity contribution is 5.57. The number of hydrogen-bond donors (Lipinski definition) is 3. The molecule has 0 spiro atoms. The number of hydrogen-bond acceptors (Lipinski definition) is 9. The maximum Gasteiger partial charge on any atom is 0.223 e. The maximum absolute atomic E-state index is 14.5. The molecule has 176 valence electrons. The van der Waals surface area contributed by atoms with Gasteiger partial charge in [0.1, 0.15) is 5.69 Å². The summed E-state index contributed by atoms with van der Waals surface area (Å²) in [7, 11) is 1.72. The van der Waals surface area contributed by atoms with Crippen molar-refractivity contribution in [3.63, 3.8) is 0 Å². The molecule has 0 amide bonds. The van der Waals surface area contributed by atoms with E-state index in [0.717, 1.165) is 38.5 Å². The van der Waals surface area contributed by atoms with Gasteiger partial charge < -0.3 is 20.7 Å². The van der Waals surface area contributed by atoms with E-state index in [1.54, 1.807) is 19.4 Å². The van der Waals surface area contributed by atoms with Crippen LogP contribution in [0.5, 0.6) is 0 Å². The topological polar surface area (TPSA) is 121 Å². The van der Waals surface area contributed by atoms with Crippen LogP contribution in [0.2, 0.25) is 0 Å². The third-order valence-electron chi connectivity index (χ3n) is 6.32. The van der Waals surface area contributed by atoms with Gasteiger partial charge in [0.2, 0.25) is 11.9 Å². The number of nitrogens with one attached hydrogen (secondary N) is 3.